The summed E-state index contributed by atoms with van der Waals surface area (Å²) >= 11 is 0. The van der Waals surface area contributed by atoms with E-state index < -0.39 is 10.0 Å². The van der Waals surface area contributed by atoms with Crippen molar-refractivity contribution in [3.8, 4) is 5.75 Å². The molecule has 2 aromatic carbocycles. The normalized spacial score (nSPS) is 11.1. The molecule has 0 aliphatic carbocycles. The third-order valence-electron chi connectivity index (χ3n) is 4.42. The third kappa shape index (κ3) is 5.15. The van der Waals surface area contributed by atoms with Crippen LogP contribution in [0.5, 0.6) is 5.75 Å². The van der Waals surface area contributed by atoms with Crippen molar-refractivity contribution in [1.82, 2.24) is 9.97 Å². The van der Waals surface area contributed by atoms with Crippen LogP contribution in [-0.4, -0.2) is 23.5 Å². The van der Waals surface area contributed by atoms with Crippen LogP contribution in [0.2, 0.25) is 0 Å². The zero-order chi connectivity index (χ0) is 21.7. The van der Waals surface area contributed by atoms with Crippen molar-refractivity contribution >= 4 is 21.7 Å². The smallest absolute Gasteiger partial charge is 0.264 e. The number of allylic oxidation sites excluding steroid dienone is 1. The number of nitrogens with zero attached hydrogens (tertiary/aromatic N) is 2. The molecule has 0 saturated heterocycles. The molecular weight excluding hydrogens is 400 g/mol. The first kappa shape index (κ1) is 21.3. The Morgan fingerprint density at radius 3 is 2.30 bits per heavy atom. The fourth-order valence-electron chi connectivity index (χ4n) is 3.01. The maximum Gasteiger partial charge on any atom is 0.264 e. The van der Waals surface area contributed by atoms with E-state index in [-0.39, 0.29) is 16.6 Å². The van der Waals surface area contributed by atoms with Crippen LogP contribution in [0.25, 0.3) is 0 Å². The number of benzene rings is 2. The molecule has 0 atom stereocenters. The number of para-hydroxylation sites is 1. The van der Waals surface area contributed by atoms with Crippen LogP contribution in [0.1, 0.15) is 22.5 Å². The minimum atomic E-state index is -3.80. The van der Waals surface area contributed by atoms with E-state index in [4.69, 9.17) is 0 Å². The third-order valence-corrected chi connectivity index (χ3v) is 5.77. The average Bonchev–Trinajstić information content (AvgIpc) is 2.68. The summed E-state index contributed by atoms with van der Waals surface area (Å²) in [7, 11) is -3.80. The van der Waals surface area contributed by atoms with Gasteiger partial charge in [-0.2, -0.15) is 0 Å². The van der Waals surface area contributed by atoms with E-state index in [0.29, 0.717) is 24.4 Å². The predicted molar refractivity (Wildman–Crippen MR) is 118 cm³/mol. The van der Waals surface area contributed by atoms with E-state index in [1.54, 1.807) is 38.1 Å². The van der Waals surface area contributed by atoms with Crippen LogP contribution in [0.15, 0.2) is 66.1 Å². The van der Waals surface area contributed by atoms with Gasteiger partial charge in [-0.25, -0.2) is 23.1 Å². The summed E-state index contributed by atoms with van der Waals surface area (Å²) in [6.07, 6.45) is 2.33. The number of aromatic hydroxyl groups is 1. The molecule has 0 aliphatic heterocycles. The van der Waals surface area contributed by atoms with Crippen molar-refractivity contribution in [3.63, 3.8) is 0 Å². The van der Waals surface area contributed by atoms with Gasteiger partial charge in [-0.05, 0) is 56.2 Å². The maximum absolute atomic E-state index is 12.6. The van der Waals surface area contributed by atoms with Gasteiger partial charge in [0.15, 0.2) is 0 Å². The first-order valence-electron chi connectivity index (χ1n) is 9.38. The van der Waals surface area contributed by atoms with E-state index in [1.807, 2.05) is 18.2 Å². The summed E-state index contributed by atoms with van der Waals surface area (Å²) in [6.45, 7) is 7.65. The minimum absolute atomic E-state index is 0.0459. The van der Waals surface area contributed by atoms with Crippen molar-refractivity contribution in [2.45, 2.75) is 31.7 Å². The van der Waals surface area contributed by atoms with Gasteiger partial charge in [-0.1, -0.05) is 24.3 Å². The standard InChI is InChI=1S/C22H24N4O3S/c1-4-6-17-7-5-8-18(21(17)27)14-23-19-9-11-20(12-10-19)30(28,29)26-22-24-15(2)13-16(3)25-22/h4-5,7-13,23,27H,1,6,14H2,2-3H3,(H,24,25,26). The summed E-state index contributed by atoms with van der Waals surface area (Å²) < 4.78 is 27.6. The second kappa shape index (κ2) is 8.96. The monoisotopic (exact) mass is 424 g/mol. The molecule has 0 fully saturated rings. The summed E-state index contributed by atoms with van der Waals surface area (Å²) in [6, 6.07) is 13.7. The number of aromatic nitrogens is 2. The molecular formula is C22H24N4O3S. The average molecular weight is 425 g/mol. The van der Waals surface area contributed by atoms with Crippen LogP contribution >= 0.6 is 0 Å². The van der Waals surface area contributed by atoms with Crippen LogP contribution in [0, 0.1) is 13.8 Å². The molecule has 3 N–H and O–H groups in total. The second-order valence-corrected chi connectivity index (χ2v) is 8.56. The number of hydrogen-bond acceptors (Lipinski definition) is 6. The van der Waals surface area contributed by atoms with Gasteiger partial charge in [0.1, 0.15) is 5.75 Å². The van der Waals surface area contributed by atoms with Crippen molar-refractivity contribution < 1.29 is 13.5 Å². The lowest BCUT2D eigenvalue weighted by atomic mass is 10.1. The van der Waals surface area contributed by atoms with E-state index in [9.17, 15) is 13.5 Å². The SMILES string of the molecule is C=CCc1cccc(CNc2ccc(S(=O)(=O)Nc3nc(C)cc(C)n3)cc2)c1O. The van der Waals surface area contributed by atoms with E-state index in [0.717, 1.165) is 16.8 Å². The molecule has 1 aromatic heterocycles. The Balaban J connectivity index is 1.70. The molecule has 0 radical (unpaired) electrons. The number of sulfonamides is 1. The van der Waals surface area contributed by atoms with Gasteiger partial charge in [0.05, 0.1) is 4.90 Å². The highest BCUT2D eigenvalue weighted by atomic mass is 32.2. The molecule has 0 spiro atoms. The summed E-state index contributed by atoms with van der Waals surface area (Å²) in [4.78, 5) is 8.32. The van der Waals surface area contributed by atoms with Crippen molar-refractivity contribution in [3.05, 3.63) is 83.7 Å². The van der Waals surface area contributed by atoms with Gasteiger partial charge in [0.2, 0.25) is 5.95 Å². The van der Waals surface area contributed by atoms with Crippen molar-refractivity contribution in [2.24, 2.45) is 0 Å². The van der Waals surface area contributed by atoms with Gasteiger partial charge < -0.3 is 10.4 Å². The number of aryl methyl sites for hydroxylation is 2. The molecule has 0 bridgehead atoms. The highest BCUT2D eigenvalue weighted by molar-refractivity contribution is 7.92. The van der Waals surface area contributed by atoms with Gasteiger partial charge in [0, 0.05) is 29.2 Å². The van der Waals surface area contributed by atoms with E-state index >= 15 is 0 Å². The lowest BCUT2D eigenvalue weighted by Crippen LogP contribution is -2.15. The number of phenols is 1. The van der Waals surface area contributed by atoms with Crippen LogP contribution < -0.4 is 10.0 Å². The summed E-state index contributed by atoms with van der Waals surface area (Å²) in [5.41, 5.74) is 3.65. The Hall–Kier alpha value is -3.39. The summed E-state index contributed by atoms with van der Waals surface area (Å²) in [5, 5.41) is 13.5. The van der Waals surface area contributed by atoms with Crippen molar-refractivity contribution in [2.75, 3.05) is 10.0 Å². The number of hydrogen-bond donors (Lipinski definition) is 3. The number of rotatable bonds is 8. The Kier molecular flexibility index (Phi) is 6.37. The fraction of sp³-hybridized carbons (Fsp3) is 0.182. The molecule has 3 rings (SSSR count). The van der Waals surface area contributed by atoms with E-state index in [2.05, 4.69) is 26.6 Å². The molecule has 0 amide bonds. The first-order valence-corrected chi connectivity index (χ1v) is 10.9. The predicted octanol–water partition coefficient (Wildman–Crippen LogP) is 3.94. The number of phenolic OH excluding ortho intramolecular Hbond substituents is 1. The second-order valence-electron chi connectivity index (χ2n) is 6.88. The Morgan fingerprint density at radius 1 is 1.03 bits per heavy atom. The molecule has 7 nitrogen and oxygen atoms in total. The molecule has 8 heteroatoms. The fourth-order valence-corrected chi connectivity index (χ4v) is 3.95. The first-order chi connectivity index (χ1) is 14.3. The molecule has 0 saturated carbocycles. The molecule has 3 aromatic rings. The zero-order valence-electron chi connectivity index (χ0n) is 16.9. The Bertz CT molecular complexity index is 1140. The number of nitrogens with one attached hydrogen (secondary N) is 2. The minimum Gasteiger partial charge on any atom is -0.507 e. The van der Waals surface area contributed by atoms with Gasteiger partial charge >= 0.3 is 0 Å². The van der Waals surface area contributed by atoms with Crippen molar-refractivity contribution in [1.29, 1.82) is 0 Å². The lowest BCUT2D eigenvalue weighted by Gasteiger charge is -2.12. The van der Waals surface area contributed by atoms with Crippen LogP contribution in [0.3, 0.4) is 0 Å². The molecule has 1 heterocycles. The van der Waals surface area contributed by atoms with Gasteiger partial charge in [-0.3, -0.25) is 0 Å². The highest BCUT2D eigenvalue weighted by Gasteiger charge is 2.16. The Labute approximate surface area is 176 Å². The molecule has 0 unspecified atom stereocenters. The van der Waals surface area contributed by atoms with Gasteiger partial charge in [-0.15, -0.1) is 6.58 Å². The maximum atomic E-state index is 12.6. The molecule has 30 heavy (non-hydrogen) atoms. The number of anilines is 2. The quantitative estimate of drug-likeness (QED) is 0.473. The van der Waals surface area contributed by atoms with Crippen LogP contribution in [-0.2, 0) is 23.0 Å². The highest BCUT2D eigenvalue weighted by Crippen LogP contribution is 2.24. The Morgan fingerprint density at radius 2 is 1.67 bits per heavy atom. The van der Waals surface area contributed by atoms with E-state index in [1.165, 1.54) is 12.1 Å². The van der Waals surface area contributed by atoms with Crippen LogP contribution in [0.4, 0.5) is 11.6 Å². The molecule has 0 aliphatic rings. The zero-order valence-corrected chi connectivity index (χ0v) is 17.7. The summed E-state index contributed by atoms with van der Waals surface area (Å²) in [5.74, 6) is 0.284. The largest absolute Gasteiger partial charge is 0.507 e. The topological polar surface area (TPSA) is 104 Å². The lowest BCUT2D eigenvalue weighted by molar-refractivity contribution is 0.463. The van der Waals surface area contributed by atoms with Gasteiger partial charge in [0.25, 0.3) is 10.0 Å². The molecule has 156 valence electrons.